The Morgan fingerprint density at radius 1 is 1.29 bits per heavy atom. The molecule has 2 aliphatic carbocycles. The molecule has 1 aromatic heterocycles. The molecule has 2 fully saturated rings. The van der Waals surface area contributed by atoms with Crippen molar-refractivity contribution in [2.24, 2.45) is 11.7 Å². The van der Waals surface area contributed by atoms with E-state index in [0.29, 0.717) is 12.5 Å². The van der Waals surface area contributed by atoms with Crippen molar-refractivity contribution in [1.82, 2.24) is 10.1 Å². The average Bonchev–Trinajstić information content (AvgIpc) is 3.11. The highest BCUT2D eigenvalue weighted by Crippen LogP contribution is 2.42. The van der Waals surface area contributed by atoms with Gasteiger partial charge in [0.2, 0.25) is 11.7 Å². The summed E-state index contributed by atoms with van der Waals surface area (Å²) >= 11 is 0. The lowest BCUT2D eigenvalue weighted by Gasteiger charge is -2.36. The first kappa shape index (κ1) is 15.0. The first-order valence-electron chi connectivity index (χ1n) is 8.36. The van der Waals surface area contributed by atoms with Crippen LogP contribution < -0.4 is 5.73 Å². The molecule has 0 radical (unpaired) electrons. The Hall–Kier alpha value is -0.940. The van der Waals surface area contributed by atoms with Gasteiger partial charge in [0.1, 0.15) is 5.60 Å². The molecular weight excluding hydrogens is 266 g/mol. The van der Waals surface area contributed by atoms with E-state index in [1.165, 1.54) is 0 Å². The summed E-state index contributed by atoms with van der Waals surface area (Å²) < 4.78 is 11.6. The standard InChI is InChI=1S/C16H27N3O2/c1-3-20-16(8-6-11(2)7-9-16)15-18-14(21-19-15)12-4-5-13(17)10-12/h11-13H,3-10,17H2,1-2H3. The Kier molecular flexibility index (Phi) is 4.31. The Morgan fingerprint density at radius 3 is 2.67 bits per heavy atom. The van der Waals surface area contributed by atoms with Crippen molar-refractivity contribution in [3.8, 4) is 0 Å². The molecule has 118 valence electrons. The first-order valence-corrected chi connectivity index (χ1v) is 8.36. The summed E-state index contributed by atoms with van der Waals surface area (Å²) in [5.74, 6) is 2.61. The highest BCUT2D eigenvalue weighted by molar-refractivity contribution is 5.07. The molecule has 2 atom stereocenters. The maximum atomic E-state index is 6.09. The zero-order valence-corrected chi connectivity index (χ0v) is 13.2. The third-order valence-corrected chi connectivity index (χ3v) is 5.17. The lowest BCUT2D eigenvalue weighted by Crippen LogP contribution is -2.35. The van der Waals surface area contributed by atoms with E-state index in [1.807, 2.05) is 6.92 Å². The van der Waals surface area contributed by atoms with Crippen molar-refractivity contribution in [3.05, 3.63) is 11.7 Å². The molecule has 2 saturated carbocycles. The summed E-state index contributed by atoms with van der Waals surface area (Å²) in [6.45, 7) is 5.03. The molecule has 0 amide bonds. The van der Waals surface area contributed by atoms with Crippen LogP contribution in [0.2, 0.25) is 0 Å². The molecule has 2 unspecified atom stereocenters. The molecule has 0 aliphatic heterocycles. The zero-order chi connectivity index (χ0) is 14.9. The molecule has 1 aromatic rings. The fraction of sp³-hybridized carbons (Fsp3) is 0.875. The van der Waals surface area contributed by atoms with Crippen molar-refractivity contribution < 1.29 is 9.26 Å². The van der Waals surface area contributed by atoms with Gasteiger partial charge in [-0.05, 0) is 57.8 Å². The third-order valence-electron chi connectivity index (χ3n) is 5.17. The van der Waals surface area contributed by atoms with Gasteiger partial charge in [-0.2, -0.15) is 4.98 Å². The van der Waals surface area contributed by atoms with Gasteiger partial charge in [-0.25, -0.2) is 0 Å². The van der Waals surface area contributed by atoms with Crippen molar-refractivity contribution in [2.45, 2.75) is 76.4 Å². The minimum absolute atomic E-state index is 0.279. The van der Waals surface area contributed by atoms with E-state index < -0.39 is 0 Å². The van der Waals surface area contributed by atoms with E-state index >= 15 is 0 Å². The van der Waals surface area contributed by atoms with E-state index in [-0.39, 0.29) is 11.6 Å². The lowest BCUT2D eigenvalue weighted by atomic mass is 9.79. The monoisotopic (exact) mass is 293 g/mol. The minimum Gasteiger partial charge on any atom is -0.367 e. The summed E-state index contributed by atoms with van der Waals surface area (Å²) in [4.78, 5) is 4.71. The van der Waals surface area contributed by atoms with Crippen LogP contribution >= 0.6 is 0 Å². The number of nitrogens with two attached hydrogens (primary N) is 1. The summed E-state index contributed by atoms with van der Waals surface area (Å²) in [5, 5.41) is 4.27. The highest BCUT2D eigenvalue weighted by Gasteiger charge is 2.41. The van der Waals surface area contributed by atoms with Crippen LogP contribution in [-0.4, -0.2) is 22.8 Å². The van der Waals surface area contributed by atoms with Gasteiger partial charge >= 0.3 is 0 Å². The van der Waals surface area contributed by atoms with Crippen molar-refractivity contribution >= 4 is 0 Å². The van der Waals surface area contributed by atoms with E-state index in [0.717, 1.165) is 62.6 Å². The molecule has 5 nitrogen and oxygen atoms in total. The van der Waals surface area contributed by atoms with Crippen LogP contribution in [0, 0.1) is 5.92 Å². The van der Waals surface area contributed by atoms with Crippen molar-refractivity contribution in [1.29, 1.82) is 0 Å². The normalized spacial score (nSPS) is 37.0. The second-order valence-corrected chi connectivity index (χ2v) is 6.84. The fourth-order valence-corrected chi connectivity index (χ4v) is 3.76. The van der Waals surface area contributed by atoms with Gasteiger partial charge in [-0.1, -0.05) is 12.1 Å². The van der Waals surface area contributed by atoms with E-state index in [2.05, 4.69) is 12.1 Å². The zero-order valence-electron chi connectivity index (χ0n) is 13.2. The molecule has 0 spiro atoms. The third kappa shape index (κ3) is 2.99. The van der Waals surface area contributed by atoms with Gasteiger partial charge in [0.25, 0.3) is 0 Å². The van der Waals surface area contributed by atoms with Crippen LogP contribution in [0.15, 0.2) is 4.52 Å². The Balaban J connectivity index is 1.79. The van der Waals surface area contributed by atoms with Gasteiger partial charge in [-0.15, -0.1) is 0 Å². The van der Waals surface area contributed by atoms with E-state index in [1.54, 1.807) is 0 Å². The van der Waals surface area contributed by atoms with Gasteiger partial charge in [-0.3, -0.25) is 0 Å². The molecule has 0 aromatic carbocycles. The Bertz CT molecular complexity index is 466. The number of ether oxygens (including phenoxy) is 1. The van der Waals surface area contributed by atoms with E-state index in [9.17, 15) is 0 Å². The molecule has 2 N–H and O–H groups in total. The number of hydrogen-bond donors (Lipinski definition) is 1. The van der Waals surface area contributed by atoms with Crippen LogP contribution in [0.5, 0.6) is 0 Å². The highest BCUT2D eigenvalue weighted by atomic mass is 16.5. The van der Waals surface area contributed by atoms with Gasteiger partial charge in [0.05, 0.1) is 0 Å². The second-order valence-electron chi connectivity index (χ2n) is 6.84. The fourth-order valence-electron chi connectivity index (χ4n) is 3.76. The molecular formula is C16H27N3O2. The van der Waals surface area contributed by atoms with Crippen molar-refractivity contribution in [3.63, 3.8) is 0 Å². The van der Waals surface area contributed by atoms with Gasteiger partial charge < -0.3 is 15.0 Å². The summed E-state index contributed by atoms with van der Waals surface area (Å²) in [6, 6.07) is 0.279. The quantitative estimate of drug-likeness (QED) is 0.923. The van der Waals surface area contributed by atoms with Gasteiger partial charge in [0.15, 0.2) is 0 Å². The first-order chi connectivity index (χ1) is 10.1. The maximum absolute atomic E-state index is 6.09. The smallest absolute Gasteiger partial charge is 0.229 e. The minimum atomic E-state index is -0.330. The maximum Gasteiger partial charge on any atom is 0.229 e. The SMILES string of the molecule is CCOC1(c2noc(C3CCC(N)C3)n2)CCC(C)CC1. The molecule has 1 heterocycles. The predicted octanol–water partition coefficient (Wildman–Crippen LogP) is 3.11. The molecule has 2 aliphatic rings. The summed E-state index contributed by atoms with van der Waals surface area (Å²) in [7, 11) is 0. The second kappa shape index (κ2) is 6.05. The van der Waals surface area contributed by atoms with Crippen LogP contribution in [0.3, 0.4) is 0 Å². The molecule has 0 bridgehead atoms. The van der Waals surface area contributed by atoms with Crippen LogP contribution in [-0.2, 0) is 10.3 Å². The Morgan fingerprint density at radius 2 is 2.05 bits per heavy atom. The number of aromatic nitrogens is 2. The van der Waals surface area contributed by atoms with Gasteiger partial charge in [0, 0.05) is 18.6 Å². The number of nitrogens with zero attached hydrogens (tertiary/aromatic N) is 2. The van der Waals surface area contributed by atoms with Crippen LogP contribution in [0.4, 0.5) is 0 Å². The predicted molar refractivity (Wildman–Crippen MR) is 79.8 cm³/mol. The molecule has 5 heteroatoms. The number of hydrogen-bond acceptors (Lipinski definition) is 5. The van der Waals surface area contributed by atoms with Crippen molar-refractivity contribution in [2.75, 3.05) is 6.61 Å². The largest absolute Gasteiger partial charge is 0.367 e. The molecule has 21 heavy (non-hydrogen) atoms. The molecule has 0 saturated heterocycles. The lowest BCUT2D eigenvalue weighted by molar-refractivity contribution is -0.0847. The average molecular weight is 293 g/mol. The molecule has 3 rings (SSSR count). The summed E-state index contributed by atoms with van der Waals surface area (Å²) in [6.07, 6.45) is 7.38. The topological polar surface area (TPSA) is 74.2 Å². The van der Waals surface area contributed by atoms with Crippen LogP contribution in [0.25, 0.3) is 0 Å². The van der Waals surface area contributed by atoms with Crippen LogP contribution in [0.1, 0.15) is 76.4 Å². The van der Waals surface area contributed by atoms with E-state index in [4.69, 9.17) is 20.0 Å². The Labute approximate surface area is 126 Å². The number of rotatable bonds is 4. The summed E-state index contributed by atoms with van der Waals surface area (Å²) in [5.41, 5.74) is 5.66.